The Morgan fingerprint density at radius 2 is 1.70 bits per heavy atom. The summed E-state index contributed by atoms with van der Waals surface area (Å²) in [5, 5.41) is 11.7. The van der Waals surface area contributed by atoms with Crippen LogP contribution in [0, 0.1) is 5.92 Å². The van der Waals surface area contributed by atoms with Crippen molar-refractivity contribution in [1.82, 2.24) is 15.1 Å². The first-order chi connectivity index (χ1) is 9.36. The lowest BCUT2D eigenvalue weighted by atomic mass is 10.0. The minimum Gasteiger partial charge on any atom is -0.481 e. The molecule has 0 aromatic heterocycles. The molecule has 116 valence electrons. The molecule has 3 unspecified atom stereocenters. The number of carboxylic acids is 1. The summed E-state index contributed by atoms with van der Waals surface area (Å²) in [6, 6.07) is 0.0214. The zero-order valence-corrected chi connectivity index (χ0v) is 12.9. The Morgan fingerprint density at radius 1 is 1.15 bits per heavy atom. The van der Waals surface area contributed by atoms with Crippen molar-refractivity contribution in [3.8, 4) is 0 Å². The van der Waals surface area contributed by atoms with Crippen LogP contribution in [0.3, 0.4) is 0 Å². The fourth-order valence-electron chi connectivity index (χ4n) is 2.25. The number of carboxylic acid groups (broad SMARTS) is 1. The molecule has 1 rings (SSSR count). The summed E-state index contributed by atoms with van der Waals surface area (Å²) in [7, 11) is 0. The van der Waals surface area contributed by atoms with Crippen molar-refractivity contribution in [1.29, 1.82) is 0 Å². The second-order valence-electron chi connectivity index (χ2n) is 5.65. The SMILES string of the molecule is CCC(C)N1CCN(C(=O)NC(C)C(C)C(=O)O)CC1. The smallest absolute Gasteiger partial charge is 0.317 e. The topological polar surface area (TPSA) is 72.9 Å². The molecule has 2 amide bonds. The van der Waals surface area contributed by atoms with E-state index in [9.17, 15) is 9.59 Å². The Labute approximate surface area is 121 Å². The number of amides is 2. The molecule has 3 atom stereocenters. The number of piperazine rings is 1. The van der Waals surface area contributed by atoms with Crippen molar-refractivity contribution in [3.63, 3.8) is 0 Å². The van der Waals surface area contributed by atoms with Gasteiger partial charge in [0.2, 0.25) is 0 Å². The monoisotopic (exact) mass is 285 g/mol. The molecule has 1 saturated heterocycles. The van der Waals surface area contributed by atoms with E-state index in [1.807, 2.05) is 0 Å². The van der Waals surface area contributed by atoms with E-state index in [0.29, 0.717) is 19.1 Å². The van der Waals surface area contributed by atoms with Crippen LogP contribution in [0.5, 0.6) is 0 Å². The molecule has 1 fully saturated rings. The van der Waals surface area contributed by atoms with Crippen LogP contribution < -0.4 is 5.32 Å². The first-order valence-corrected chi connectivity index (χ1v) is 7.39. The molecule has 1 aliphatic heterocycles. The molecule has 0 aromatic rings. The van der Waals surface area contributed by atoms with E-state index < -0.39 is 11.9 Å². The fraction of sp³-hybridized carbons (Fsp3) is 0.857. The van der Waals surface area contributed by atoms with Crippen LogP contribution in [0.1, 0.15) is 34.1 Å². The molecule has 0 aliphatic carbocycles. The van der Waals surface area contributed by atoms with Gasteiger partial charge in [-0.2, -0.15) is 0 Å². The summed E-state index contributed by atoms with van der Waals surface area (Å²) in [5.74, 6) is -1.47. The number of carbonyl (C=O) groups is 2. The van der Waals surface area contributed by atoms with Crippen LogP contribution in [0.4, 0.5) is 4.79 Å². The van der Waals surface area contributed by atoms with Gasteiger partial charge in [-0.3, -0.25) is 9.69 Å². The number of aliphatic carboxylic acids is 1. The second-order valence-corrected chi connectivity index (χ2v) is 5.65. The van der Waals surface area contributed by atoms with Crippen LogP contribution in [0.25, 0.3) is 0 Å². The minimum absolute atomic E-state index is 0.158. The highest BCUT2D eigenvalue weighted by atomic mass is 16.4. The Morgan fingerprint density at radius 3 is 2.15 bits per heavy atom. The van der Waals surface area contributed by atoms with E-state index in [0.717, 1.165) is 19.5 Å². The van der Waals surface area contributed by atoms with E-state index in [4.69, 9.17) is 5.11 Å². The van der Waals surface area contributed by atoms with Gasteiger partial charge in [0.05, 0.1) is 5.92 Å². The maximum absolute atomic E-state index is 12.1. The lowest BCUT2D eigenvalue weighted by molar-refractivity contribution is -0.141. The average Bonchev–Trinajstić information content (AvgIpc) is 2.45. The van der Waals surface area contributed by atoms with Gasteiger partial charge in [0.1, 0.15) is 0 Å². The molecule has 6 heteroatoms. The average molecular weight is 285 g/mol. The Kier molecular flexibility index (Phi) is 6.26. The van der Waals surface area contributed by atoms with Crippen LogP contribution in [-0.4, -0.2) is 65.2 Å². The lowest BCUT2D eigenvalue weighted by Crippen LogP contribution is -2.55. The maximum atomic E-state index is 12.1. The molecule has 0 saturated carbocycles. The third-order valence-corrected chi connectivity index (χ3v) is 4.31. The zero-order valence-electron chi connectivity index (χ0n) is 12.9. The van der Waals surface area contributed by atoms with Crippen molar-refractivity contribution in [2.24, 2.45) is 5.92 Å². The predicted molar refractivity (Wildman–Crippen MR) is 77.7 cm³/mol. The molecule has 0 spiro atoms. The van der Waals surface area contributed by atoms with Crippen molar-refractivity contribution in [2.75, 3.05) is 26.2 Å². The second kappa shape index (κ2) is 7.47. The highest BCUT2D eigenvalue weighted by Gasteiger charge is 2.26. The summed E-state index contributed by atoms with van der Waals surface area (Å²) in [4.78, 5) is 27.1. The minimum atomic E-state index is -0.889. The Hall–Kier alpha value is -1.30. The highest BCUT2D eigenvalue weighted by molar-refractivity contribution is 5.76. The molecule has 6 nitrogen and oxygen atoms in total. The lowest BCUT2D eigenvalue weighted by Gasteiger charge is -2.38. The van der Waals surface area contributed by atoms with Crippen molar-refractivity contribution in [3.05, 3.63) is 0 Å². The molecule has 0 bridgehead atoms. The molecular weight excluding hydrogens is 258 g/mol. The van der Waals surface area contributed by atoms with E-state index in [-0.39, 0.29) is 12.1 Å². The van der Waals surface area contributed by atoms with Crippen LogP contribution in [0.2, 0.25) is 0 Å². The van der Waals surface area contributed by atoms with Crippen molar-refractivity contribution >= 4 is 12.0 Å². The molecule has 1 aliphatic rings. The number of hydrogen-bond acceptors (Lipinski definition) is 3. The predicted octanol–water partition coefficient (Wildman–Crippen LogP) is 1.22. The number of carbonyl (C=O) groups excluding carboxylic acids is 1. The Bertz CT molecular complexity index is 341. The van der Waals surface area contributed by atoms with Gasteiger partial charge >= 0.3 is 12.0 Å². The maximum Gasteiger partial charge on any atom is 0.317 e. The first-order valence-electron chi connectivity index (χ1n) is 7.39. The molecule has 20 heavy (non-hydrogen) atoms. The third kappa shape index (κ3) is 4.37. The highest BCUT2D eigenvalue weighted by Crippen LogP contribution is 2.10. The summed E-state index contributed by atoms with van der Waals surface area (Å²) >= 11 is 0. The molecule has 0 radical (unpaired) electrons. The normalized spacial score (nSPS) is 21.1. The summed E-state index contributed by atoms with van der Waals surface area (Å²) in [5.41, 5.74) is 0. The van der Waals surface area contributed by atoms with Crippen molar-refractivity contribution in [2.45, 2.75) is 46.2 Å². The largest absolute Gasteiger partial charge is 0.481 e. The summed E-state index contributed by atoms with van der Waals surface area (Å²) in [6.07, 6.45) is 1.11. The van der Waals surface area contributed by atoms with Gasteiger partial charge in [-0.1, -0.05) is 6.92 Å². The number of nitrogens with zero attached hydrogens (tertiary/aromatic N) is 2. The van der Waals surface area contributed by atoms with Gasteiger partial charge in [-0.15, -0.1) is 0 Å². The molecule has 0 aromatic carbocycles. The van der Waals surface area contributed by atoms with Crippen molar-refractivity contribution < 1.29 is 14.7 Å². The van der Waals surface area contributed by atoms with Crippen LogP contribution in [-0.2, 0) is 4.79 Å². The van der Waals surface area contributed by atoms with Gasteiger partial charge in [0.25, 0.3) is 0 Å². The quantitative estimate of drug-likeness (QED) is 0.796. The summed E-state index contributed by atoms with van der Waals surface area (Å²) in [6.45, 7) is 10.9. The van der Waals surface area contributed by atoms with E-state index in [1.165, 1.54) is 0 Å². The molecular formula is C14H27N3O3. The fourth-order valence-corrected chi connectivity index (χ4v) is 2.25. The van der Waals surface area contributed by atoms with Gasteiger partial charge in [-0.25, -0.2) is 4.79 Å². The molecule has 2 N–H and O–H groups in total. The summed E-state index contributed by atoms with van der Waals surface area (Å²) < 4.78 is 0. The Balaban J connectivity index is 2.41. The van der Waals surface area contributed by atoms with Gasteiger partial charge in [0.15, 0.2) is 0 Å². The van der Waals surface area contributed by atoms with Crippen LogP contribution in [0.15, 0.2) is 0 Å². The molecule has 1 heterocycles. The van der Waals surface area contributed by atoms with E-state index in [2.05, 4.69) is 24.1 Å². The first kappa shape index (κ1) is 16.8. The number of nitrogens with one attached hydrogen (secondary N) is 1. The standard InChI is InChI=1S/C14H27N3O3/c1-5-10(2)16-6-8-17(9-7-16)14(20)15-12(4)11(3)13(18)19/h10-12H,5-9H2,1-4H3,(H,15,20)(H,18,19). The van der Waals surface area contributed by atoms with Gasteiger partial charge in [-0.05, 0) is 27.2 Å². The zero-order chi connectivity index (χ0) is 15.3. The number of hydrogen-bond donors (Lipinski definition) is 2. The van der Waals surface area contributed by atoms with E-state index >= 15 is 0 Å². The number of rotatable bonds is 5. The van der Waals surface area contributed by atoms with Gasteiger partial charge in [0, 0.05) is 38.3 Å². The number of urea groups is 1. The van der Waals surface area contributed by atoms with Crippen LogP contribution >= 0.6 is 0 Å². The third-order valence-electron chi connectivity index (χ3n) is 4.31. The van der Waals surface area contributed by atoms with Gasteiger partial charge < -0.3 is 15.3 Å². The van der Waals surface area contributed by atoms with E-state index in [1.54, 1.807) is 18.7 Å².